The van der Waals surface area contributed by atoms with E-state index in [1.54, 1.807) is 18.2 Å². The van der Waals surface area contributed by atoms with Crippen molar-refractivity contribution in [2.45, 2.75) is 26.0 Å². The Hall–Kier alpha value is -2.18. The van der Waals surface area contributed by atoms with Crippen molar-refractivity contribution in [3.05, 3.63) is 59.3 Å². The van der Waals surface area contributed by atoms with Gasteiger partial charge in [0, 0.05) is 6.61 Å². The van der Waals surface area contributed by atoms with Crippen LogP contribution in [0.15, 0.2) is 40.8 Å². The number of hydrogen-bond acceptors (Lipinski definition) is 5. The van der Waals surface area contributed by atoms with Crippen LogP contribution in [0.25, 0.3) is 0 Å². The molecule has 0 N–H and O–H groups in total. The third-order valence-corrected chi connectivity index (χ3v) is 4.67. The van der Waals surface area contributed by atoms with Crippen molar-refractivity contribution in [1.82, 2.24) is 4.90 Å². The smallest absolute Gasteiger partial charge is 0.373 e. The summed E-state index contributed by atoms with van der Waals surface area (Å²) in [6.07, 6.45) is 2.13. The van der Waals surface area contributed by atoms with Crippen LogP contribution in [0.5, 0.6) is 0 Å². The molecule has 3 rings (SSSR count). The van der Waals surface area contributed by atoms with E-state index in [0.29, 0.717) is 19.1 Å². The fourth-order valence-corrected chi connectivity index (χ4v) is 3.13. The van der Waals surface area contributed by atoms with Crippen LogP contribution < -0.4 is 0 Å². The largest absolute Gasteiger partial charge is 0.463 e. The molecule has 2 aromatic rings. The number of nitrogens with zero attached hydrogens (tertiary/aromatic N) is 1. The van der Waals surface area contributed by atoms with Crippen molar-refractivity contribution in [2.24, 2.45) is 5.92 Å². The van der Waals surface area contributed by atoms with Crippen LogP contribution in [0.1, 0.15) is 34.7 Å². The summed E-state index contributed by atoms with van der Waals surface area (Å²) in [4.78, 5) is 13.7. The lowest BCUT2D eigenvalue weighted by atomic mass is 9.98. The number of likely N-dealkylation sites (tertiary alicyclic amines) is 1. The van der Waals surface area contributed by atoms with Gasteiger partial charge >= 0.3 is 5.97 Å². The molecule has 2 heterocycles. The molecule has 26 heavy (non-hydrogen) atoms. The summed E-state index contributed by atoms with van der Waals surface area (Å²) >= 11 is 0. The predicted molar refractivity (Wildman–Crippen MR) is 94.1 cm³/mol. The molecule has 0 atom stereocenters. The molecule has 0 spiro atoms. The Labute approximate surface area is 152 Å². The number of halogens is 1. The molecule has 1 aromatic carbocycles. The summed E-state index contributed by atoms with van der Waals surface area (Å²) in [5.41, 5.74) is 0.989. The Morgan fingerprint density at radius 3 is 2.62 bits per heavy atom. The highest BCUT2D eigenvalue weighted by atomic mass is 19.1. The first-order chi connectivity index (χ1) is 12.6. The maximum atomic E-state index is 12.9. The van der Waals surface area contributed by atoms with Gasteiger partial charge in [-0.05, 0) is 61.7 Å². The first kappa shape index (κ1) is 18.6. The normalized spacial score (nSPS) is 15.9. The molecule has 1 fully saturated rings. The lowest BCUT2D eigenvalue weighted by Crippen LogP contribution is -2.34. The standard InChI is InChI=1S/C20H24FNO4/c1-24-20(23)19-7-6-18(26-19)12-22-10-8-16(9-11-22)14-25-13-15-2-4-17(21)5-3-15/h2-7,16H,8-14H2,1H3. The summed E-state index contributed by atoms with van der Waals surface area (Å²) in [6, 6.07) is 9.89. The van der Waals surface area contributed by atoms with Crippen molar-refractivity contribution in [2.75, 3.05) is 26.8 Å². The third-order valence-electron chi connectivity index (χ3n) is 4.67. The van der Waals surface area contributed by atoms with E-state index in [1.165, 1.54) is 19.2 Å². The molecule has 1 aliphatic heterocycles. The average molecular weight is 361 g/mol. The first-order valence-electron chi connectivity index (χ1n) is 8.85. The number of hydrogen-bond donors (Lipinski definition) is 0. The third kappa shape index (κ3) is 5.16. The van der Waals surface area contributed by atoms with Gasteiger partial charge in [-0.15, -0.1) is 0 Å². The predicted octanol–water partition coefficient (Wildman–Crippen LogP) is 3.63. The quantitative estimate of drug-likeness (QED) is 0.705. The molecule has 0 aliphatic carbocycles. The van der Waals surface area contributed by atoms with Crippen molar-refractivity contribution >= 4 is 5.97 Å². The number of esters is 1. The number of ether oxygens (including phenoxy) is 2. The van der Waals surface area contributed by atoms with Crippen LogP contribution in [0.3, 0.4) is 0 Å². The number of carbonyl (C=O) groups is 1. The van der Waals surface area contributed by atoms with E-state index in [9.17, 15) is 9.18 Å². The zero-order valence-electron chi connectivity index (χ0n) is 14.9. The van der Waals surface area contributed by atoms with Gasteiger partial charge in [0.2, 0.25) is 5.76 Å². The van der Waals surface area contributed by atoms with E-state index in [1.807, 2.05) is 6.07 Å². The van der Waals surface area contributed by atoms with Crippen LogP contribution >= 0.6 is 0 Å². The van der Waals surface area contributed by atoms with Gasteiger partial charge < -0.3 is 13.9 Å². The number of furan rings is 1. The van der Waals surface area contributed by atoms with E-state index in [0.717, 1.165) is 43.9 Å². The van der Waals surface area contributed by atoms with E-state index in [4.69, 9.17) is 9.15 Å². The van der Waals surface area contributed by atoms with Gasteiger partial charge in [0.1, 0.15) is 11.6 Å². The molecule has 6 heteroatoms. The highest BCUT2D eigenvalue weighted by Crippen LogP contribution is 2.21. The second-order valence-electron chi connectivity index (χ2n) is 6.62. The average Bonchev–Trinajstić information content (AvgIpc) is 3.13. The molecule has 140 valence electrons. The SMILES string of the molecule is COC(=O)c1ccc(CN2CCC(COCc3ccc(F)cc3)CC2)o1. The lowest BCUT2D eigenvalue weighted by Gasteiger charge is -2.31. The number of methoxy groups -OCH3 is 1. The fraction of sp³-hybridized carbons (Fsp3) is 0.450. The molecule has 1 aromatic heterocycles. The van der Waals surface area contributed by atoms with Crippen LogP contribution in [-0.4, -0.2) is 37.7 Å². The summed E-state index contributed by atoms with van der Waals surface area (Å²) in [5, 5.41) is 0. The van der Waals surface area contributed by atoms with Crippen molar-refractivity contribution in [3.63, 3.8) is 0 Å². The van der Waals surface area contributed by atoms with E-state index < -0.39 is 5.97 Å². The van der Waals surface area contributed by atoms with Crippen molar-refractivity contribution in [3.8, 4) is 0 Å². The Bertz CT molecular complexity index is 705. The van der Waals surface area contributed by atoms with E-state index in [-0.39, 0.29) is 11.6 Å². The highest BCUT2D eigenvalue weighted by Gasteiger charge is 2.21. The maximum Gasteiger partial charge on any atom is 0.373 e. The first-order valence-corrected chi connectivity index (χ1v) is 8.85. The van der Waals surface area contributed by atoms with Gasteiger partial charge in [0.05, 0.1) is 20.3 Å². The van der Waals surface area contributed by atoms with Gasteiger partial charge in [-0.2, -0.15) is 0 Å². The summed E-state index contributed by atoms with van der Waals surface area (Å²) in [7, 11) is 1.34. The second-order valence-corrected chi connectivity index (χ2v) is 6.62. The van der Waals surface area contributed by atoms with Crippen LogP contribution in [0.4, 0.5) is 4.39 Å². The molecule has 0 bridgehead atoms. The molecule has 1 saturated heterocycles. The van der Waals surface area contributed by atoms with Gasteiger partial charge in [-0.3, -0.25) is 4.90 Å². The molecule has 0 saturated carbocycles. The summed E-state index contributed by atoms with van der Waals surface area (Å²) in [5.74, 6) is 0.876. The number of carbonyl (C=O) groups excluding carboxylic acids is 1. The molecule has 0 unspecified atom stereocenters. The Balaban J connectivity index is 1.36. The van der Waals surface area contributed by atoms with Crippen LogP contribution in [0, 0.1) is 11.7 Å². The molecule has 5 nitrogen and oxygen atoms in total. The zero-order valence-corrected chi connectivity index (χ0v) is 14.9. The highest BCUT2D eigenvalue weighted by molar-refractivity contribution is 5.86. The van der Waals surface area contributed by atoms with Crippen molar-refractivity contribution in [1.29, 1.82) is 0 Å². The minimum atomic E-state index is -0.451. The summed E-state index contributed by atoms with van der Waals surface area (Å²) in [6.45, 7) is 3.87. The summed E-state index contributed by atoms with van der Waals surface area (Å²) < 4.78 is 28.8. The molecule has 1 aliphatic rings. The van der Waals surface area contributed by atoms with Gasteiger partial charge in [0.15, 0.2) is 0 Å². The fourth-order valence-electron chi connectivity index (χ4n) is 3.13. The molecule has 0 radical (unpaired) electrons. The van der Waals surface area contributed by atoms with Crippen molar-refractivity contribution < 1.29 is 23.1 Å². The minimum Gasteiger partial charge on any atom is -0.463 e. The van der Waals surface area contributed by atoms with Crippen LogP contribution in [0.2, 0.25) is 0 Å². The van der Waals surface area contributed by atoms with Gasteiger partial charge in [-0.25, -0.2) is 9.18 Å². The van der Waals surface area contributed by atoms with E-state index in [2.05, 4.69) is 9.64 Å². The Kier molecular flexibility index (Phi) is 6.41. The monoisotopic (exact) mass is 361 g/mol. The molecular weight excluding hydrogens is 337 g/mol. The number of piperidine rings is 1. The minimum absolute atomic E-state index is 0.226. The Morgan fingerprint density at radius 2 is 1.92 bits per heavy atom. The number of rotatable bonds is 7. The molecular formula is C20H24FNO4. The molecule has 0 amide bonds. The maximum absolute atomic E-state index is 12.9. The van der Waals surface area contributed by atoms with E-state index >= 15 is 0 Å². The van der Waals surface area contributed by atoms with Gasteiger partial charge in [-0.1, -0.05) is 12.1 Å². The van der Waals surface area contributed by atoms with Crippen LogP contribution in [-0.2, 0) is 22.6 Å². The lowest BCUT2D eigenvalue weighted by molar-refractivity contribution is 0.0526. The number of benzene rings is 1. The van der Waals surface area contributed by atoms with Gasteiger partial charge in [0.25, 0.3) is 0 Å². The zero-order chi connectivity index (χ0) is 18.4. The topological polar surface area (TPSA) is 51.9 Å². The second kappa shape index (κ2) is 8.96. The Morgan fingerprint density at radius 1 is 1.19 bits per heavy atom.